The fourth-order valence-electron chi connectivity index (χ4n) is 2.91. The Morgan fingerprint density at radius 3 is 2.48 bits per heavy atom. The molecule has 1 atom stereocenters. The van der Waals surface area contributed by atoms with E-state index in [0.29, 0.717) is 18.5 Å². The minimum atomic E-state index is -0.906. The molecular formula is C17H23NO3. The summed E-state index contributed by atoms with van der Waals surface area (Å²) in [7, 11) is 0. The van der Waals surface area contributed by atoms with Gasteiger partial charge in [-0.3, -0.25) is 4.79 Å². The first kappa shape index (κ1) is 15.5. The summed E-state index contributed by atoms with van der Waals surface area (Å²) in [4.78, 5) is 25.8. The molecule has 1 heterocycles. The Bertz CT molecular complexity index is 545. The number of carboxylic acid groups (broad SMARTS) is 1. The van der Waals surface area contributed by atoms with Crippen LogP contribution in [0.25, 0.3) is 0 Å². The highest BCUT2D eigenvalue weighted by Gasteiger charge is 2.34. The molecule has 2 rings (SSSR count). The third kappa shape index (κ3) is 3.26. The van der Waals surface area contributed by atoms with Crippen molar-refractivity contribution in [1.29, 1.82) is 0 Å². The first-order valence-corrected chi connectivity index (χ1v) is 7.45. The Hall–Kier alpha value is -1.84. The van der Waals surface area contributed by atoms with Gasteiger partial charge in [0.05, 0.1) is 0 Å². The Balaban J connectivity index is 2.37. The molecule has 1 aliphatic heterocycles. The van der Waals surface area contributed by atoms with Crippen LogP contribution >= 0.6 is 0 Å². The van der Waals surface area contributed by atoms with E-state index in [2.05, 4.69) is 20.8 Å². The molecule has 1 N–H and O–H groups in total. The van der Waals surface area contributed by atoms with Gasteiger partial charge >= 0.3 is 5.97 Å². The van der Waals surface area contributed by atoms with Gasteiger partial charge in [0.1, 0.15) is 6.04 Å². The van der Waals surface area contributed by atoms with Crippen molar-refractivity contribution in [2.45, 2.75) is 51.5 Å². The molecule has 1 unspecified atom stereocenters. The molecule has 1 aliphatic rings. The number of likely N-dealkylation sites (tertiary alicyclic amines) is 1. The molecule has 0 bridgehead atoms. The lowest BCUT2D eigenvalue weighted by atomic mass is 9.83. The highest BCUT2D eigenvalue weighted by Crippen LogP contribution is 2.28. The maximum absolute atomic E-state index is 12.8. The van der Waals surface area contributed by atoms with Gasteiger partial charge in [-0.05, 0) is 36.3 Å². The van der Waals surface area contributed by atoms with Crippen molar-refractivity contribution in [3.05, 3.63) is 35.4 Å². The number of piperidine rings is 1. The summed E-state index contributed by atoms with van der Waals surface area (Å²) >= 11 is 0. The quantitative estimate of drug-likeness (QED) is 0.910. The van der Waals surface area contributed by atoms with E-state index in [0.717, 1.165) is 18.4 Å². The number of hydrogen-bond donors (Lipinski definition) is 1. The van der Waals surface area contributed by atoms with Gasteiger partial charge in [-0.25, -0.2) is 4.79 Å². The van der Waals surface area contributed by atoms with E-state index < -0.39 is 12.0 Å². The van der Waals surface area contributed by atoms with E-state index in [4.69, 9.17) is 0 Å². The average molecular weight is 289 g/mol. The predicted octanol–water partition coefficient (Wildman–Crippen LogP) is 3.06. The predicted molar refractivity (Wildman–Crippen MR) is 81.5 cm³/mol. The maximum atomic E-state index is 12.8. The van der Waals surface area contributed by atoms with Crippen LogP contribution in [0.15, 0.2) is 24.3 Å². The third-order valence-corrected chi connectivity index (χ3v) is 4.01. The van der Waals surface area contributed by atoms with E-state index in [1.807, 2.05) is 18.2 Å². The number of benzene rings is 1. The number of rotatable bonds is 2. The van der Waals surface area contributed by atoms with Crippen LogP contribution in [-0.4, -0.2) is 34.5 Å². The van der Waals surface area contributed by atoms with Gasteiger partial charge in [-0.2, -0.15) is 0 Å². The second-order valence-electron chi connectivity index (χ2n) is 6.64. The molecule has 1 aromatic carbocycles. The van der Waals surface area contributed by atoms with Gasteiger partial charge in [0.2, 0.25) is 0 Å². The number of amides is 1. The summed E-state index contributed by atoms with van der Waals surface area (Å²) in [6.07, 6.45) is 2.27. The normalized spacial score (nSPS) is 19.4. The zero-order valence-electron chi connectivity index (χ0n) is 12.9. The standard InChI is InChI=1S/C17H23NO3/c1-17(2,3)13-9-5-4-8-12(13)15(19)18-11-7-6-10-14(18)16(20)21/h4-5,8-9,14H,6-7,10-11H2,1-3H3,(H,20,21). The van der Waals surface area contributed by atoms with E-state index in [1.165, 1.54) is 4.90 Å². The van der Waals surface area contributed by atoms with Gasteiger partial charge in [-0.15, -0.1) is 0 Å². The topological polar surface area (TPSA) is 57.6 Å². The lowest BCUT2D eigenvalue weighted by Gasteiger charge is -2.34. The molecule has 0 aliphatic carbocycles. The zero-order chi connectivity index (χ0) is 15.6. The summed E-state index contributed by atoms with van der Waals surface area (Å²) in [5.74, 6) is -1.07. The minimum absolute atomic E-state index is 0.152. The van der Waals surface area contributed by atoms with Crippen molar-refractivity contribution in [1.82, 2.24) is 4.90 Å². The van der Waals surface area contributed by atoms with Crippen molar-refractivity contribution in [2.24, 2.45) is 0 Å². The summed E-state index contributed by atoms with van der Waals surface area (Å²) in [5.41, 5.74) is 1.43. The van der Waals surface area contributed by atoms with E-state index in [-0.39, 0.29) is 11.3 Å². The molecule has 1 saturated heterocycles. The Morgan fingerprint density at radius 2 is 1.86 bits per heavy atom. The number of carboxylic acids is 1. The molecule has 4 nitrogen and oxygen atoms in total. The molecule has 0 saturated carbocycles. The molecular weight excluding hydrogens is 266 g/mol. The van der Waals surface area contributed by atoms with Gasteiger partial charge < -0.3 is 10.0 Å². The molecule has 4 heteroatoms. The van der Waals surface area contributed by atoms with Gasteiger partial charge in [0, 0.05) is 12.1 Å². The molecule has 0 radical (unpaired) electrons. The van der Waals surface area contributed by atoms with Gasteiger partial charge in [-0.1, -0.05) is 39.0 Å². The van der Waals surface area contributed by atoms with Crippen molar-refractivity contribution in [3.63, 3.8) is 0 Å². The molecule has 1 aromatic rings. The van der Waals surface area contributed by atoms with E-state index >= 15 is 0 Å². The smallest absolute Gasteiger partial charge is 0.326 e. The molecule has 21 heavy (non-hydrogen) atoms. The van der Waals surface area contributed by atoms with Crippen LogP contribution in [0.1, 0.15) is 56.0 Å². The van der Waals surface area contributed by atoms with Crippen LogP contribution < -0.4 is 0 Å². The van der Waals surface area contributed by atoms with Crippen LogP contribution in [0.4, 0.5) is 0 Å². The summed E-state index contributed by atoms with van der Waals surface area (Å²) in [5, 5.41) is 9.34. The monoisotopic (exact) mass is 289 g/mol. The minimum Gasteiger partial charge on any atom is -0.480 e. The SMILES string of the molecule is CC(C)(C)c1ccccc1C(=O)N1CCCCC1C(=O)O. The van der Waals surface area contributed by atoms with Crippen molar-refractivity contribution >= 4 is 11.9 Å². The van der Waals surface area contributed by atoms with E-state index in [9.17, 15) is 14.7 Å². The van der Waals surface area contributed by atoms with Gasteiger partial charge in [0.15, 0.2) is 0 Å². The second kappa shape index (κ2) is 5.88. The number of carbonyl (C=O) groups is 2. The largest absolute Gasteiger partial charge is 0.480 e. The molecule has 0 aromatic heterocycles. The average Bonchev–Trinajstić information content (AvgIpc) is 2.45. The number of hydrogen-bond acceptors (Lipinski definition) is 2. The van der Waals surface area contributed by atoms with Crippen LogP contribution in [-0.2, 0) is 10.2 Å². The zero-order valence-corrected chi connectivity index (χ0v) is 12.9. The van der Waals surface area contributed by atoms with Crippen molar-refractivity contribution in [3.8, 4) is 0 Å². The fraction of sp³-hybridized carbons (Fsp3) is 0.529. The van der Waals surface area contributed by atoms with E-state index in [1.54, 1.807) is 6.07 Å². The lowest BCUT2D eigenvalue weighted by molar-refractivity contribution is -0.143. The molecule has 0 spiro atoms. The Morgan fingerprint density at radius 1 is 1.19 bits per heavy atom. The van der Waals surface area contributed by atoms with Crippen LogP contribution in [0.5, 0.6) is 0 Å². The first-order valence-electron chi connectivity index (χ1n) is 7.45. The molecule has 1 amide bonds. The Labute approximate surface area is 125 Å². The highest BCUT2D eigenvalue weighted by atomic mass is 16.4. The fourth-order valence-corrected chi connectivity index (χ4v) is 2.91. The summed E-state index contributed by atoms with van der Waals surface area (Å²) < 4.78 is 0. The number of nitrogens with zero attached hydrogens (tertiary/aromatic N) is 1. The van der Waals surface area contributed by atoms with Crippen LogP contribution in [0.3, 0.4) is 0 Å². The van der Waals surface area contributed by atoms with Crippen molar-refractivity contribution < 1.29 is 14.7 Å². The molecule has 1 fully saturated rings. The Kier molecular flexibility index (Phi) is 4.35. The van der Waals surface area contributed by atoms with Crippen LogP contribution in [0.2, 0.25) is 0 Å². The number of carbonyl (C=O) groups excluding carboxylic acids is 1. The summed E-state index contributed by atoms with van der Waals surface area (Å²) in [6, 6.07) is 6.81. The van der Waals surface area contributed by atoms with Crippen LogP contribution in [0, 0.1) is 0 Å². The van der Waals surface area contributed by atoms with Gasteiger partial charge in [0.25, 0.3) is 5.91 Å². The second-order valence-corrected chi connectivity index (χ2v) is 6.64. The third-order valence-electron chi connectivity index (χ3n) is 4.01. The maximum Gasteiger partial charge on any atom is 0.326 e. The van der Waals surface area contributed by atoms with Crippen molar-refractivity contribution in [2.75, 3.05) is 6.54 Å². The lowest BCUT2D eigenvalue weighted by Crippen LogP contribution is -2.48. The number of aliphatic carboxylic acids is 1. The first-order chi connectivity index (χ1) is 9.82. The molecule has 114 valence electrons. The summed E-state index contributed by atoms with van der Waals surface area (Å²) in [6.45, 7) is 6.70. The highest BCUT2D eigenvalue weighted by molar-refractivity contribution is 5.98.